The molecule has 2 N–H and O–H groups in total. The fourth-order valence-corrected chi connectivity index (χ4v) is 3.28. The molecule has 1 unspecified atom stereocenters. The monoisotopic (exact) mass is 446 g/mol. The van der Waals surface area contributed by atoms with Crippen LogP contribution in [0.25, 0.3) is 16.6 Å². The molecule has 166 valence electrons. The zero-order valence-corrected chi connectivity index (χ0v) is 16.8. The summed E-state index contributed by atoms with van der Waals surface area (Å²) in [5.41, 5.74) is -2.16. The van der Waals surface area contributed by atoms with Gasteiger partial charge in [0.2, 0.25) is 11.5 Å². The van der Waals surface area contributed by atoms with Crippen molar-refractivity contribution in [2.45, 2.75) is 11.8 Å². The molecule has 2 aromatic carbocycles. The minimum Gasteiger partial charge on any atom is -0.481 e. The first-order valence-electron chi connectivity index (χ1n) is 9.48. The highest BCUT2D eigenvalue weighted by Gasteiger charge is 2.55. The summed E-state index contributed by atoms with van der Waals surface area (Å²) in [5.74, 6) is -0.104. The van der Waals surface area contributed by atoms with Crippen LogP contribution in [-0.4, -0.2) is 39.7 Å². The Hall–Kier alpha value is -3.66. The molecule has 2 aromatic heterocycles. The van der Waals surface area contributed by atoms with Gasteiger partial charge in [-0.05, 0) is 48.0 Å². The van der Waals surface area contributed by atoms with Gasteiger partial charge < -0.3 is 15.2 Å². The fraction of sp³-hybridized carbons (Fsp3) is 0.182. The van der Waals surface area contributed by atoms with Crippen LogP contribution < -0.4 is 10.1 Å². The number of benzene rings is 2. The lowest BCUT2D eigenvalue weighted by atomic mass is 9.92. The highest BCUT2D eigenvalue weighted by molar-refractivity contribution is 5.81. The first-order chi connectivity index (χ1) is 15.2. The van der Waals surface area contributed by atoms with Gasteiger partial charge in [0.15, 0.2) is 0 Å². The second kappa shape index (κ2) is 8.12. The van der Waals surface area contributed by atoms with Gasteiger partial charge >= 0.3 is 6.18 Å². The van der Waals surface area contributed by atoms with Crippen LogP contribution in [0.3, 0.4) is 0 Å². The topological polar surface area (TPSA) is 72.2 Å². The van der Waals surface area contributed by atoms with E-state index in [-0.39, 0.29) is 5.56 Å². The molecule has 0 fully saturated rings. The number of methoxy groups -OCH3 is 1. The average Bonchev–Trinajstić information content (AvgIpc) is 3.21. The number of anilines is 1. The van der Waals surface area contributed by atoms with E-state index in [1.807, 2.05) is 0 Å². The standard InChI is InChI=1S/C22H18F4N4O2/c1-32-20-9-5-17(12-27-20)28-13-21(31,22(24,25)26)15-2-8-19-14(10-15)11-29-30(19)18-6-3-16(23)4-7-18/h2-12,28,31H,13H2,1H3. The Labute approximate surface area is 180 Å². The molecule has 0 bridgehead atoms. The molecule has 2 heterocycles. The van der Waals surface area contributed by atoms with Gasteiger partial charge in [-0.15, -0.1) is 0 Å². The summed E-state index contributed by atoms with van der Waals surface area (Å²) < 4.78 is 61.4. The van der Waals surface area contributed by atoms with E-state index in [4.69, 9.17) is 4.74 Å². The molecule has 4 aromatic rings. The van der Waals surface area contributed by atoms with Crippen LogP contribution in [0.5, 0.6) is 5.88 Å². The first kappa shape index (κ1) is 21.6. The largest absolute Gasteiger partial charge is 0.481 e. The Kier molecular flexibility index (Phi) is 5.47. The number of alkyl halides is 3. The SMILES string of the molecule is COc1ccc(NCC(O)(c2ccc3c(cnn3-c3ccc(F)cc3)c2)C(F)(F)F)cn1. The van der Waals surface area contributed by atoms with Gasteiger partial charge in [-0.25, -0.2) is 14.1 Å². The molecule has 0 spiro atoms. The number of nitrogens with one attached hydrogen (secondary N) is 1. The minimum absolute atomic E-state index is 0.290. The number of fused-ring (bicyclic) bond motifs is 1. The van der Waals surface area contributed by atoms with Gasteiger partial charge in [0.25, 0.3) is 0 Å². The van der Waals surface area contributed by atoms with Gasteiger partial charge in [-0.2, -0.15) is 18.3 Å². The van der Waals surface area contributed by atoms with Crippen molar-refractivity contribution in [1.82, 2.24) is 14.8 Å². The number of aliphatic hydroxyl groups is 1. The van der Waals surface area contributed by atoms with Crippen LogP contribution in [0.4, 0.5) is 23.2 Å². The molecular weight excluding hydrogens is 428 g/mol. The number of aromatic nitrogens is 3. The third kappa shape index (κ3) is 3.96. The summed E-state index contributed by atoms with van der Waals surface area (Å²) in [7, 11) is 1.42. The molecule has 4 rings (SSSR count). The molecule has 1 atom stereocenters. The van der Waals surface area contributed by atoms with E-state index in [0.717, 1.165) is 0 Å². The Morgan fingerprint density at radius 3 is 2.41 bits per heavy atom. The lowest BCUT2D eigenvalue weighted by Crippen LogP contribution is -2.47. The summed E-state index contributed by atoms with van der Waals surface area (Å²) in [6.45, 7) is -0.831. The quantitative estimate of drug-likeness (QED) is 0.429. The van der Waals surface area contributed by atoms with Crippen molar-refractivity contribution < 1.29 is 27.4 Å². The summed E-state index contributed by atoms with van der Waals surface area (Å²) in [5, 5.41) is 17.9. The molecule has 0 amide bonds. The van der Waals surface area contributed by atoms with Gasteiger partial charge in [0, 0.05) is 11.5 Å². The van der Waals surface area contributed by atoms with Crippen molar-refractivity contribution in [3.63, 3.8) is 0 Å². The maximum Gasteiger partial charge on any atom is 0.423 e. The lowest BCUT2D eigenvalue weighted by Gasteiger charge is -2.31. The summed E-state index contributed by atoms with van der Waals surface area (Å²) in [4.78, 5) is 3.93. The van der Waals surface area contributed by atoms with E-state index < -0.39 is 24.1 Å². The van der Waals surface area contributed by atoms with Crippen molar-refractivity contribution in [1.29, 1.82) is 0 Å². The van der Waals surface area contributed by atoms with Gasteiger partial charge in [0.1, 0.15) is 5.82 Å². The second-order valence-electron chi connectivity index (χ2n) is 7.11. The first-order valence-corrected chi connectivity index (χ1v) is 9.48. The molecule has 0 aliphatic rings. The second-order valence-corrected chi connectivity index (χ2v) is 7.11. The van der Waals surface area contributed by atoms with Crippen LogP contribution in [0.1, 0.15) is 5.56 Å². The van der Waals surface area contributed by atoms with Gasteiger partial charge in [-0.3, -0.25) is 0 Å². The van der Waals surface area contributed by atoms with Crippen LogP contribution in [0.15, 0.2) is 67.0 Å². The normalized spacial score (nSPS) is 13.7. The van der Waals surface area contributed by atoms with Gasteiger partial charge in [0.05, 0.1) is 42.9 Å². The molecule has 0 aliphatic heterocycles. The molecule has 6 nitrogen and oxygen atoms in total. The number of nitrogens with zero attached hydrogens (tertiary/aromatic N) is 3. The summed E-state index contributed by atoms with van der Waals surface area (Å²) in [6.07, 6.45) is -2.26. The number of hydrogen-bond acceptors (Lipinski definition) is 5. The Bertz CT molecular complexity index is 1220. The summed E-state index contributed by atoms with van der Waals surface area (Å²) >= 11 is 0. The maximum absolute atomic E-state index is 13.9. The van der Waals surface area contributed by atoms with Gasteiger partial charge in [-0.1, -0.05) is 6.07 Å². The molecule has 0 radical (unpaired) electrons. The summed E-state index contributed by atoms with van der Waals surface area (Å²) in [6, 6.07) is 12.4. The number of hydrogen-bond donors (Lipinski definition) is 2. The van der Waals surface area contributed by atoms with Crippen LogP contribution in [0.2, 0.25) is 0 Å². The molecule has 10 heteroatoms. The van der Waals surface area contributed by atoms with E-state index in [0.29, 0.717) is 28.2 Å². The molecule has 0 aliphatic carbocycles. The number of ether oxygens (including phenoxy) is 1. The predicted octanol–water partition coefficient (Wildman–Crippen LogP) is 4.43. The molecule has 32 heavy (non-hydrogen) atoms. The average molecular weight is 446 g/mol. The van der Waals surface area contributed by atoms with Crippen molar-refractivity contribution in [2.24, 2.45) is 0 Å². The Morgan fingerprint density at radius 1 is 1.03 bits per heavy atom. The minimum atomic E-state index is -4.96. The number of halogens is 4. The van der Waals surface area contributed by atoms with Crippen LogP contribution in [0, 0.1) is 5.82 Å². The van der Waals surface area contributed by atoms with Crippen LogP contribution >= 0.6 is 0 Å². The zero-order valence-electron chi connectivity index (χ0n) is 16.8. The Morgan fingerprint density at radius 2 is 1.78 bits per heavy atom. The maximum atomic E-state index is 13.9. The van der Waals surface area contributed by atoms with Crippen molar-refractivity contribution >= 4 is 16.6 Å². The van der Waals surface area contributed by atoms with E-state index in [2.05, 4.69) is 15.4 Å². The molecular formula is C22H18F4N4O2. The molecule has 0 saturated heterocycles. The van der Waals surface area contributed by atoms with Crippen molar-refractivity contribution in [3.05, 3.63) is 78.4 Å². The van der Waals surface area contributed by atoms with Crippen LogP contribution in [-0.2, 0) is 5.60 Å². The lowest BCUT2D eigenvalue weighted by molar-refractivity contribution is -0.260. The Balaban J connectivity index is 1.66. The van der Waals surface area contributed by atoms with E-state index >= 15 is 0 Å². The zero-order chi connectivity index (χ0) is 22.9. The van der Waals surface area contributed by atoms with Crippen molar-refractivity contribution in [3.8, 4) is 11.6 Å². The highest BCUT2D eigenvalue weighted by Crippen LogP contribution is 2.40. The van der Waals surface area contributed by atoms with Crippen molar-refractivity contribution in [2.75, 3.05) is 19.0 Å². The predicted molar refractivity (Wildman–Crippen MR) is 110 cm³/mol. The third-order valence-electron chi connectivity index (χ3n) is 5.08. The highest BCUT2D eigenvalue weighted by atomic mass is 19.4. The molecule has 0 saturated carbocycles. The van der Waals surface area contributed by atoms with E-state index in [1.165, 1.54) is 78.8 Å². The third-order valence-corrected chi connectivity index (χ3v) is 5.08. The fourth-order valence-electron chi connectivity index (χ4n) is 3.28. The number of pyridine rings is 1. The smallest absolute Gasteiger partial charge is 0.423 e. The van der Waals surface area contributed by atoms with E-state index in [1.54, 1.807) is 0 Å². The number of rotatable bonds is 6. The van der Waals surface area contributed by atoms with E-state index in [9.17, 15) is 22.7 Å².